The molecule has 0 aliphatic heterocycles. The standard InChI is InChI=1S/C20H28O4/c1-5-18(2)8-6-13-12(11-18)10-14(21)16-19(13,3)9-7-15(22)20(16,4)17(23)24/h5,10,13-14,16,21H,1,6-9,11H2,2-4H3,(H,23,24)/t13-,14-,16-,18-,19-,20+/m1/s1. The van der Waals surface area contributed by atoms with Gasteiger partial charge in [0.1, 0.15) is 11.2 Å². The van der Waals surface area contributed by atoms with Crippen LogP contribution in [0, 0.1) is 28.1 Å². The zero-order chi connectivity index (χ0) is 17.9. The second kappa shape index (κ2) is 5.29. The molecule has 4 heteroatoms. The highest BCUT2D eigenvalue weighted by Crippen LogP contribution is 2.62. The Hall–Kier alpha value is -1.42. The van der Waals surface area contributed by atoms with Crippen LogP contribution < -0.4 is 0 Å². The van der Waals surface area contributed by atoms with E-state index >= 15 is 0 Å². The monoisotopic (exact) mass is 332 g/mol. The molecule has 0 radical (unpaired) electrons. The highest BCUT2D eigenvalue weighted by molar-refractivity contribution is 6.04. The number of carbonyl (C=O) groups is 2. The summed E-state index contributed by atoms with van der Waals surface area (Å²) < 4.78 is 0. The second-order valence-corrected chi connectivity index (χ2v) is 8.77. The largest absolute Gasteiger partial charge is 0.480 e. The lowest BCUT2D eigenvalue weighted by Crippen LogP contribution is -2.61. The van der Waals surface area contributed by atoms with Crippen LogP contribution in [0.1, 0.15) is 52.9 Å². The lowest BCUT2D eigenvalue weighted by molar-refractivity contribution is -0.177. The fourth-order valence-corrected chi connectivity index (χ4v) is 5.76. The predicted molar refractivity (Wildman–Crippen MR) is 91.3 cm³/mol. The first-order valence-electron chi connectivity index (χ1n) is 8.87. The van der Waals surface area contributed by atoms with Crippen LogP contribution in [0.5, 0.6) is 0 Å². The van der Waals surface area contributed by atoms with Crippen molar-refractivity contribution in [2.45, 2.75) is 59.0 Å². The summed E-state index contributed by atoms with van der Waals surface area (Å²) in [6, 6.07) is 0. The Bertz CT molecular complexity index is 636. The predicted octanol–water partition coefficient (Wildman–Crippen LogP) is 3.36. The summed E-state index contributed by atoms with van der Waals surface area (Å²) in [5.41, 5.74) is -0.607. The van der Waals surface area contributed by atoms with E-state index in [2.05, 4.69) is 20.4 Å². The van der Waals surface area contributed by atoms with E-state index < -0.39 is 23.4 Å². The van der Waals surface area contributed by atoms with Gasteiger partial charge in [0.2, 0.25) is 0 Å². The number of hydrogen-bond acceptors (Lipinski definition) is 3. The van der Waals surface area contributed by atoms with E-state index in [4.69, 9.17) is 0 Å². The van der Waals surface area contributed by atoms with Gasteiger partial charge in [0.15, 0.2) is 0 Å². The first-order valence-corrected chi connectivity index (χ1v) is 8.87. The SMILES string of the molecule is C=C[C@]1(C)CC[C@@H]2C(=C[C@@H](O)[C@H]3[C@@](C)(C(=O)O)C(=O)CC[C@]23C)C1. The van der Waals surface area contributed by atoms with Crippen molar-refractivity contribution in [3.63, 3.8) is 0 Å². The Labute approximate surface area is 143 Å². The molecule has 3 aliphatic rings. The van der Waals surface area contributed by atoms with E-state index in [-0.39, 0.29) is 29.0 Å². The molecule has 3 rings (SSSR count). The summed E-state index contributed by atoms with van der Waals surface area (Å²) in [6.07, 6.45) is 6.71. The van der Waals surface area contributed by atoms with E-state index in [0.29, 0.717) is 6.42 Å². The van der Waals surface area contributed by atoms with E-state index in [9.17, 15) is 19.8 Å². The van der Waals surface area contributed by atoms with Gasteiger partial charge in [-0.3, -0.25) is 9.59 Å². The normalized spacial score (nSPS) is 48.1. The topological polar surface area (TPSA) is 74.6 Å². The van der Waals surface area contributed by atoms with Crippen LogP contribution in [0.25, 0.3) is 0 Å². The molecular weight excluding hydrogens is 304 g/mol. The highest BCUT2D eigenvalue weighted by atomic mass is 16.4. The van der Waals surface area contributed by atoms with Crippen LogP contribution >= 0.6 is 0 Å². The number of fused-ring (bicyclic) bond motifs is 3. The van der Waals surface area contributed by atoms with Gasteiger partial charge >= 0.3 is 5.97 Å². The van der Waals surface area contributed by atoms with Gasteiger partial charge in [-0.15, -0.1) is 6.58 Å². The number of ketones is 1. The molecule has 0 aromatic heterocycles. The fourth-order valence-electron chi connectivity index (χ4n) is 5.76. The minimum Gasteiger partial charge on any atom is -0.480 e. The van der Waals surface area contributed by atoms with Crippen molar-refractivity contribution in [1.29, 1.82) is 0 Å². The summed E-state index contributed by atoms with van der Waals surface area (Å²) >= 11 is 0. The summed E-state index contributed by atoms with van der Waals surface area (Å²) in [4.78, 5) is 24.5. The lowest BCUT2D eigenvalue weighted by Gasteiger charge is -2.59. The summed E-state index contributed by atoms with van der Waals surface area (Å²) in [6.45, 7) is 9.74. The van der Waals surface area contributed by atoms with Gasteiger partial charge < -0.3 is 10.2 Å². The first-order chi connectivity index (χ1) is 11.1. The molecule has 6 atom stereocenters. The minimum atomic E-state index is -1.51. The number of aliphatic hydroxyl groups is 1. The number of aliphatic hydroxyl groups excluding tert-OH is 1. The number of carbonyl (C=O) groups excluding carboxylic acids is 1. The first kappa shape index (κ1) is 17.4. The van der Waals surface area contributed by atoms with Gasteiger partial charge in [-0.1, -0.05) is 31.6 Å². The van der Waals surface area contributed by atoms with Crippen molar-refractivity contribution < 1.29 is 19.8 Å². The van der Waals surface area contributed by atoms with Crippen LogP contribution in [-0.4, -0.2) is 28.1 Å². The van der Waals surface area contributed by atoms with Gasteiger partial charge in [0.25, 0.3) is 0 Å². The average Bonchev–Trinajstić information content (AvgIpc) is 2.50. The van der Waals surface area contributed by atoms with Crippen molar-refractivity contribution in [3.05, 3.63) is 24.3 Å². The third-order valence-corrected chi connectivity index (χ3v) is 7.32. The molecule has 24 heavy (non-hydrogen) atoms. The Morgan fingerprint density at radius 3 is 2.58 bits per heavy atom. The maximum atomic E-state index is 12.5. The van der Waals surface area contributed by atoms with Gasteiger partial charge in [-0.05, 0) is 49.4 Å². The molecule has 132 valence electrons. The molecule has 0 saturated heterocycles. The summed E-state index contributed by atoms with van der Waals surface area (Å²) in [5.74, 6) is -1.68. The zero-order valence-electron chi connectivity index (χ0n) is 14.8. The lowest BCUT2D eigenvalue weighted by atomic mass is 9.44. The smallest absolute Gasteiger partial charge is 0.317 e. The molecule has 0 heterocycles. The molecular formula is C20H28O4. The average molecular weight is 332 g/mol. The minimum absolute atomic E-state index is 0.0336. The molecule has 2 fully saturated rings. The van der Waals surface area contributed by atoms with Crippen LogP contribution in [0.4, 0.5) is 0 Å². The highest BCUT2D eigenvalue weighted by Gasteiger charge is 2.64. The van der Waals surface area contributed by atoms with Crippen molar-refractivity contribution in [1.82, 2.24) is 0 Å². The number of allylic oxidation sites excluding steroid dienone is 2. The quantitative estimate of drug-likeness (QED) is 0.601. The number of Topliss-reactive ketones (excluding diaryl/α,β-unsaturated/α-hetero) is 1. The van der Waals surface area contributed by atoms with E-state index in [1.807, 2.05) is 12.2 Å². The third kappa shape index (κ3) is 2.15. The second-order valence-electron chi connectivity index (χ2n) is 8.77. The van der Waals surface area contributed by atoms with E-state index in [0.717, 1.165) is 19.3 Å². The van der Waals surface area contributed by atoms with Crippen LogP contribution in [0.15, 0.2) is 24.3 Å². The molecule has 4 nitrogen and oxygen atoms in total. The van der Waals surface area contributed by atoms with Gasteiger partial charge in [-0.25, -0.2) is 0 Å². The maximum absolute atomic E-state index is 12.5. The van der Waals surface area contributed by atoms with E-state index in [1.165, 1.54) is 12.5 Å². The molecule has 2 N–H and O–H groups in total. The summed E-state index contributed by atoms with van der Waals surface area (Å²) in [7, 11) is 0. The van der Waals surface area contributed by atoms with Crippen molar-refractivity contribution in [3.8, 4) is 0 Å². The van der Waals surface area contributed by atoms with Crippen LogP contribution in [-0.2, 0) is 9.59 Å². The van der Waals surface area contributed by atoms with Gasteiger partial charge in [0.05, 0.1) is 6.10 Å². The third-order valence-electron chi connectivity index (χ3n) is 7.32. The molecule has 0 amide bonds. The molecule has 0 unspecified atom stereocenters. The Balaban J connectivity index is 2.09. The van der Waals surface area contributed by atoms with Gasteiger partial charge in [-0.2, -0.15) is 0 Å². The fraction of sp³-hybridized carbons (Fsp3) is 0.700. The number of carboxylic acids is 1. The van der Waals surface area contributed by atoms with Crippen molar-refractivity contribution in [2.24, 2.45) is 28.1 Å². The molecule has 2 saturated carbocycles. The Morgan fingerprint density at radius 2 is 2.00 bits per heavy atom. The van der Waals surface area contributed by atoms with Crippen molar-refractivity contribution >= 4 is 11.8 Å². The molecule has 3 aliphatic carbocycles. The number of aliphatic carboxylic acids is 1. The number of rotatable bonds is 2. The Kier molecular flexibility index (Phi) is 3.83. The van der Waals surface area contributed by atoms with Gasteiger partial charge in [0, 0.05) is 12.3 Å². The number of hydrogen-bond donors (Lipinski definition) is 2. The van der Waals surface area contributed by atoms with Crippen LogP contribution in [0.3, 0.4) is 0 Å². The Morgan fingerprint density at radius 1 is 1.33 bits per heavy atom. The molecule has 0 spiro atoms. The summed E-state index contributed by atoms with van der Waals surface area (Å²) in [5, 5.41) is 20.6. The van der Waals surface area contributed by atoms with Crippen molar-refractivity contribution in [2.75, 3.05) is 0 Å². The maximum Gasteiger partial charge on any atom is 0.317 e. The van der Waals surface area contributed by atoms with E-state index in [1.54, 1.807) is 0 Å². The van der Waals surface area contributed by atoms with Crippen LogP contribution in [0.2, 0.25) is 0 Å². The zero-order valence-corrected chi connectivity index (χ0v) is 14.8. The number of carboxylic acid groups (broad SMARTS) is 1. The molecule has 0 aromatic rings. The molecule has 0 aromatic carbocycles. The molecule has 0 bridgehead atoms.